The van der Waals surface area contributed by atoms with Crippen molar-refractivity contribution >= 4 is 5.52 Å². The van der Waals surface area contributed by atoms with Gasteiger partial charge in [0.1, 0.15) is 0 Å². The second-order valence-electron chi connectivity index (χ2n) is 5.61. The molecule has 0 radical (unpaired) electrons. The van der Waals surface area contributed by atoms with Crippen LogP contribution in [-0.4, -0.2) is 15.7 Å². The van der Waals surface area contributed by atoms with Crippen molar-refractivity contribution in [1.29, 1.82) is 0 Å². The highest BCUT2D eigenvalue weighted by Gasteiger charge is 2.07. The number of hydrogen-bond acceptors (Lipinski definition) is 2. The highest BCUT2D eigenvalue weighted by atomic mass is 15.2. The standard InChI is InChI=1S/C18H21N3/c1-14-7-3-4-8-16(14)11-15(2)19-12-17-13-20-21-10-6-5-9-18(17)21/h3-10,13,15,19H,11-12H2,1-2H3. The summed E-state index contributed by atoms with van der Waals surface area (Å²) in [5, 5.41) is 7.97. The zero-order chi connectivity index (χ0) is 14.7. The lowest BCUT2D eigenvalue weighted by Gasteiger charge is -2.15. The highest BCUT2D eigenvalue weighted by Crippen LogP contribution is 2.12. The molecule has 2 aromatic heterocycles. The van der Waals surface area contributed by atoms with Crippen LogP contribution in [-0.2, 0) is 13.0 Å². The van der Waals surface area contributed by atoms with Crippen molar-refractivity contribution < 1.29 is 0 Å². The van der Waals surface area contributed by atoms with Gasteiger partial charge in [0, 0.05) is 24.3 Å². The van der Waals surface area contributed by atoms with Crippen LogP contribution in [0.4, 0.5) is 0 Å². The fourth-order valence-electron chi connectivity index (χ4n) is 2.65. The maximum Gasteiger partial charge on any atom is 0.0706 e. The van der Waals surface area contributed by atoms with Gasteiger partial charge in [-0.3, -0.25) is 0 Å². The maximum absolute atomic E-state index is 4.37. The number of aromatic nitrogens is 2. The van der Waals surface area contributed by atoms with Gasteiger partial charge in [-0.25, -0.2) is 4.52 Å². The molecule has 3 heteroatoms. The molecule has 0 aliphatic carbocycles. The Balaban J connectivity index is 1.63. The molecule has 108 valence electrons. The first kappa shape index (κ1) is 13.8. The quantitative estimate of drug-likeness (QED) is 0.776. The molecule has 3 aromatic rings. The van der Waals surface area contributed by atoms with Crippen LogP contribution in [0.2, 0.25) is 0 Å². The summed E-state index contributed by atoms with van der Waals surface area (Å²) in [4.78, 5) is 0. The summed E-state index contributed by atoms with van der Waals surface area (Å²) >= 11 is 0. The Morgan fingerprint density at radius 3 is 2.76 bits per heavy atom. The first-order chi connectivity index (χ1) is 10.2. The van der Waals surface area contributed by atoms with Gasteiger partial charge in [0.15, 0.2) is 0 Å². The van der Waals surface area contributed by atoms with Gasteiger partial charge >= 0.3 is 0 Å². The molecule has 0 fully saturated rings. The molecule has 2 heterocycles. The van der Waals surface area contributed by atoms with Gasteiger partial charge in [0.05, 0.1) is 11.7 Å². The van der Waals surface area contributed by atoms with Crippen molar-refractivity contribution in [3.63, 3.8) is 0 Å². The van der Waals surface area contributed by atoms with E-state index in [0.29, 0.717) is 6.04 Å². The summed E-state index contributed by atoms with van der Waals surface area (Å²) in [5.74, 6) is 0. The Labute approximate surface area is 125 Å². The molecule has 1 unspecified atom stereocenters. The molecule has 0 bridgehead atoms. The lowest BCUT2D eigenvalue weighted by Crippen LogP contribution is -2.27. The SMILES string of the molecule is Cc1ccccc1CC(C)NCc1cnn2ccccc12. The summed E-state index contributed by atoms with van der Waals surface area (Å²) in [7, 11) is 0. The van der Waals surface area contributed by atoms with E-state index >= 15 is 0 Å². The number of rotatable bonds is 5. The van der Waals surface area contributed by atoms with E-state index in [1.807, 2.05) is 23.0 Å². The molecule has 0 saturated carbocycles. The van der Waals surface area contributed by atoms with E-state index < -0.39 is 0 Å². The second kappa shape index (κ2) is 6.10. The minimum atomic E-state index is 0.435. The van der Waals surface area contributed by atoms with Crippen LogP contribution < -0.4 is 5.32 Å². The van der Waals surface area contributed by atoms with Gasteiger partial charge in [-0.1, -0.05) is 30.3 Å². The zero-order valence-electron chi connectivity index (χ0n) is 12.6. The molecule has 1 N–H and O–H groups in total. The number of nitrogens with zero attached hydrogens (tertiary/aromatic N) is 2. The number of benzene rings is 1. The molecule has 21 heavy (non-hydrogen) atoms. The average molecular weight is 279 g/mol. The Bertz CT molecular complexity index is 730. The van der Waals surface area contributed by atoms with Crippen molar-refractivity contribution in [2.75, 3.05) is 0 Å². The highest BCUT2D eigenvalue weighted by molar-refractivity contribution is 5.53. The van der Waals surface area contributed by atoms with Gasteiger partial charge in [-0.2, -0.15) is 5.10 Å². The van der Waals surface area contributed by atoms with E-state index in [1.165, 1.54) is 22.2 Å². The summed E-state index contributed by atoms with van der Waals surface area (Å²) < 4.78 is 1.92. The monoisotopic (exact) mass is 279 g/mol. The Morgan fingerprint density at radius 2 is 1.90 bits per heavy atom. The van der Waals surface area contributed by atoms with Gasteiger partial charge in [0.2, 0.25) is 0 Å². The molecule has 0 spiro atoms. The third-order valence-electron chi connectivity index (χ3n) is 3.93. The largest absolute Gasteiger partial charge is 0.310 e. The summed E-state index contributed by atoms with van der Waals surface area (Å²) in [5.41, 5.74) is 5.19. The smallest absolute Gasteiger partial charge is 0.0706 e. The van der Waals surface area contributed by atoms with E-state index in [9.17, 15) is 0 Å². The van der Waals surface area contributed by atoms with Crippen LogP contribution in [0.15, 0.2) is 54.9 Å². The fraction of sp³-hybridized carbons (Fsp3) is 0.278. The minimum Gasteiger partial charge on any atom is -0.310 e. The van der Waals surface area contributed by atoms with Gasteiger partial charge in [-0.05, 0) is 43.5 Å². The molecule has 3 rings (SSSR count). The molecule has 0 amide bonds. The van der Waals surface area contributed by atoms with Gasteiger partial charge < -0.3 is 5.32 Å². The van der Waals surface area contributed by atoms with E-state index in [2.05, 4.69) is 60.7 Å². The normalized spacial score (nSPS) is 12.7. The molecule has 0 aliphatic heterocycles. The van der Waals surface area contributed by atoms with Gasteiger partial charge in [0.25, 0.3) is 0 Å². The second-order valence-corrected chi connectivity index (χ2v) is 5.61. The van der Waals surface area contributed by atoms with E-state index in [1.54, 1.807) is 0 Å². The third kappa shape index (κ3) is 3.14. The third-order valence-corrected chi connectivity index (χ3v) is 3.93. The van der Waals surface area contributed by atoms with Gasteiger partial charge in [-0.15, -0.1) is 0 Å². The van der Waals surface area contributed by atoms with Crippen molar-refractivity contribution in [1.82, 2.24) is 14.9 Å². The predicted octanol–water partition coefficient (Wildman–Crippen LogP) is 3.36. The van der Waals surface area contributed by atoms with Crippen molar-refractivity contribution in [3.8, 4) is 0 Å². The Kier molecular flexibility index (Phi) is 4.02. The number of pyridine rings is 1. The zero-order valence-corrected chi connectivity index (χ0v) is 12.6. The Morgan fingerprint density at radius 1 is 1.10 bits per heavy atom. The van der Waals surface area contributed by atoms with Crippen LogP contribution >= 0.6 is 0 Å². The molecule has 0 aliphatic rings. The molecule has 3 nitrogen and oxygen atoms in total. The first-order valence-electron chi connectivity index (χ1n) is 7.43. The first-order valence-corrected chi connectivity index (χ1v) is 7.43. The summed E-state index contributed by atoms with van der Waals surface area (Å²) in [6, 6.07) is 15.2. The predicted molar refractivity (Wildman–Crippen MR) is 86.4 cm³/mol. The number of fused-ring (bicyclic) bond motifs is 1. The molecule has 1 aromatic carbocycles. The molecular weight excluding hydrogens is 258 g/mol. The van der Waals surface area contributed by atoms with E-state index in [4.69, 9.17) is 0 Å². The van der Waals surface area contributed by atoms with Crippen LogP contribution in [0.25, 0.3) is 5.52 Å². The topological polar surface area (TPSA) is 29.3 Å². The van der Waals surface area contributed by atoms with Crippen LogP contribution in [0.3, 0.4) is 0 Å². The number of hydrogen-bond donors (Lipinski definition) is 1. The Hall–Kier alpha value is -2.13. The number of nitrogens with one attached hydrogen (secondary N) is 1. The lowest BCUT2D eigenvalue weighted by molar-refractivity contribution is 0.546. The van der Waals surface area contributed by atoms with Crippen molar-refractivity contribution in [2.24, 2.45) is 0 Å². The average Bonchev–Trinajstić information content (AvgIpc) is 2.91. The lowest BCUT2D eigenvalue weighted by atomic mass is 10.0. The van der Waals surface area contributed by atoms with Crippen LogP contribution in [0.1, 0.15) is 23.6 Å². The van der Waals surface area contributed by atoms with Crippen LogP contribution in [0, 0.1) is 6.92 Å². The van der Waals surface area contributed by atoms with Crippen molar-refractivity contribution in [3.05, 3.63) is 71.5 Å². The molecular formula is C18H21N3. The number of aryl methyl sites for hydroxylation is 1. The molecule has 1 atom stereocenters. The summed E-state index contributed by atoms with van der Waals surface area (Å²) in [6.45, 7) is 5.26. The fourth-order valence-corrected chi connectivity index (χ4v) is 2.65. The van der Waals surface area contributed by atoms with Crippen molar-refractivity contribution in [2.45, 2.75) is 32.9 Å². The molecule has 0 saturated heterocycles. The maximum atomic E-state index is 4.37. The van der Waals surface area contributed by atoms with Crippen LogP contribution in [0.5, 0.6) is 0 Å². The van der Waals surface area contributed by atoms with E-state index in [-0.39, 0.29) is 0 Å². The van der Waals surface area contributed by atoms with E-state index in [0.717, 1.165) is 13.0 Å². The minimum absolute atomic E-state index is 0.435. The summed E-state index contributed by atoms with van der Waals surface area (Å²) in [6.07, 6.45) is 4.98.